The van der Waals surface area contributed by atoms with Crippen LogP contribution in [0, 0.1) is 0 Å². The molecule has 0 spiro atoms. The maximum absolute atomic E-state index is 12.8. The van der Waals surface area contributed by atoms with E-state index in [2.05, 4.69) is 29.9 Å². The smallest absolute Gasteiger partial charge is 0.280 e. The molecule has 0 saturated carbocycles. The van der Waals surface area contributed by atoms with Crippen molar-refractivity contribution in [3.63, 3.8) is 0 Å². The lowest BCUT2D eigenvalue weighted by molar-refractivity contribution is 0.146. The maximum atomic E-state index is 12.8. The second kappa shape index (κ2) is 6.07. The Bertz CT molecular complexity index is 947. The molecule has 1 aliphatic rings. The van der Waals surface area contributed by atoms with Gasteiger partial charge in [0.15, 0.2) is 11.5 Å². The van der Waals surface area contributed by atoms with Crippen LogP contribution >= 0.6 is 0 Å². The highest BCUT2D eigenvalue weighted by Gasteiger charge is 2.23. The Kier molecular flexibility index (Phi) is 3.75. The van der Waals surface area contributed by atoms with Gasteiger partial charge in [0.1, 0.15) is 17.5 Å². The zero-order valence-electron chi connectivity index (χ0n) is 13.0. The van der Waals surface area contributed by atoms with Crippen molar-refractivity contribution in [1.82, 2.24) is 29.9 Å². The van der Waals surface area contributed by atoms with E-state index in [4.69, 9.17) is 0 Å². The predicted octanol–water partition coefficient (Wildman–Crippen LogP) is 0.700. The Labute approximate surface area is 139 Å². The van der Waals surface area contributed by atoms with Gasteiger partial charge in [0, 0.05) is 32.2 Å². The fourth-order valence-electron chi connectivity index (χ4n) is 2.85. The fourth-order valence-corrected chi connectivity index (χ4v) is 2.85. The van der Waals surface area contributed by atoms with Crippen molar-refractivity contribution in [2.24, 2.45) is 0 Å². The zero-order valence-corrected chi connectivity index (χ0v) is 13.0. The van der Waals surface area contributed by atoms with Crippen LogP contribution in [-0.2, 0) is 0 Å². The number of H-pyrrole nitrogens is 2. The number of piperazine rings is 1. The van der Waals surface area contributed by atoms with E-state index in [9.17, 15) is 13.6 Å². The number of aromatic nitrogens is 6. The van der Waals surface area contributed by atoms with Gasteiger partial charge in [0.2, 0.25) is 5.95 Å². The van der Waals surface area contributed by atoms with Crippen LogP contribution in [-0.4, -0.2) is 56.1 Å². The first-order valence-corrected chi connectivity index (χ1v) is 7.65. The monoisotopic (exact) mass is 348 g/mol. The molecule has 25 heavy (non-hydrogen) atoms. The van der Waals surface area contributed by atoms with Gasteiger partial charge in [-0.2, -0.15) is 0 Å². The van der Waals surface area contributed by atoms with Crippen molar-refractivity contribution < 1.29 is 8.78 Å². The summed E-state index contributed by atoms with van der Waals surface area (Å²) in [6, 6.07) is 0.820. The number of fused-ring (bicyclic) bond motifs is 1. The van der Waals surface area contributed by atoms with Crippen LogP contribution in [0.3, 0.4) is 0 Å². The average Bonchev–Trinajstić information content (AvgIpc) is 3.10. The number of nitrogens with one attached hydrogen (secondary N) is 2. The average molecular weight is 348 g/mol. The van der Waals surface area contributed by atoms with Crippen LogP contribution in [0.5, 0.6) is 0 Å². The molecular weight excluding hydrogens is 334 g/mol. The molecule has 1 aliphatic heterocycles. The first-order chi connectivity index (χ1) is 12.1. The van der Waals surface area contributed by atoms with E-state index in [-0.39, 0.29) is 5.95 Å². The first kappa shape index (κ1) is 15.4. The fraction of sp³-hybridized carbons (Fsp3) is 0.357. The van der Waals surface area contributed by atoms with Gasteiger partial charge in [-0.15, -0.1) is 0 Å². The summed E-state index contributed by atoms with van der Waals surface area (Å²) >= 11 is 0. The lowest BCUT2D eigenvalue weighted by atomic mass is 10.3. The third kappa shape index (κ3) is 2.88. The molecule has 0 atom stereocenters. The highest BCUT2D eigenvalue weighted by molar-refractivity contribution is 5.82. The van der Waals surface area contributed by atoms with Crippen LogP contribution in [0.2, 0.25) is 0 Å². The second-order valence-corrected chi connectivity index (χ2v) is 5.57. The summed E-state index contributed by atoms with van der Waals surface area (Å²) in [5.74, 6) is 0.904. The third-order valence-electron chi connectivity index (χ3n) is 4.05. The summed E-state index contributed by atoms with van der Waals surface area (Å²) in [5, 5.41) is 0. The number of rotatable bonds is 3. The number of alkyl halides is 2. The lowest BCUT2D eigenvalue weighted by Crippen LogP contribution is -2.48. The van der Waals surface area contributed by atoms with Crippen LogP contribution in [0.15, 0.2) is 23.5 Å². The molecule has 1 fully saturated rings. The minimum atomic E-state index is -2.78. The quantitative estimate of drug-likeness (QED) is 0.717. The van der Waals surface area contributed by atoms with E-state index in [0.29, 0.717) is 31.8 Å². The number of imidazole rings is 1. The Balaban J connectivity index is 1.54. The predicted molar refractivity (Wildman–Crippen MR) is 85.9 cm³/mol. The zero-order chi connectivity index (χ0) is 17.4. The number of nitrogens with zero attached hydrogens (tertiary/aromatic N) is 6. The Morgan fingerprint density at radius 1 is 1.08 bits per heavy atom. The number of hydrogen-bond donors (Lipinski definition) is 2. The molecule has 2 N–H and O–H groups in total. The summed E-state index contributed by atoms with van der Waals surface area (Å²) in [4.78, 5) is 37.3. The highest BCUT2D eigenvalue weighted by Crippen LogP contribution is 2.22. The topological polar surface area (TPSA) is 107 Å². The maximum Gasteiger partial charge on any atom is 0.280 e. The number of anilines is 2. The minimum Gasteiger partial charge on any atom is -0.351 e. The van der Waals surface area contributed by atoms with Gasteiger partial charge < -0.3 is 14.8 Å². The normalized spacial score (nSPS) is 15.3. The van der Waals surface area contributed by atoms with E-state index in [1.165, 1.54) is 6.33 Å². The molecular formula is C14H14F2N8O. The van der Waals surface area contributed by atoms with Crippen molar-refractivity contribution in [2.45, 2.75) is 6.43 Å². The van der Waals surface area contributed by atoms with Gasteiger partial charge in [-0.25, -0.2) is 28.7 Å². The van der Waals surface area contributed by atoms with Crippen molar-refractivity contribution in [2.75, 3.05) is 36.0 Å². The molecule has 3 aromatic heterocycles. The Morgan fingerprint density at radius 2 is 1.84 bits per heavy atom. The summed E-state index contributed by atoms with van der Waals surface area (Å²) in [7, 11) is 0. The number of halogens is 2. The van der Waals surface area contributed by atoms with Crippen LogP contribution < -0.4 is 15.4 Å². The molecule has 0 bridgehead atoms. The number of hydrogen-bond acceptors (Lipinski definition) is 7. The van der Waals surface area contributed by atoms with Gasteiger partial charge >= 0.3 is 0 Å². The van der Waals surface area contributed by atoms with Gasteiger partial charge in [-0.1, -0.05) is 0 Å². The summed E-state index contributed by atoms with van der Waals surface area (Å²) in [6.07, 6.45) is 0.233. The summed E-state index contributed by atoms with van der Waals surface area (Å²) < 4.78 is 25.7. The molecule has 0 amide bonds. The largest absolute Gasteiger partial charge is 0.351 e. The molecule has 130 valence electrons. The molecule has 0 radical (unpaired) electrons. The van der Waals surface area contributed by atoms with Crippen molar-refractivity contribution >= 4 is 22.9 Å². The van der Waals surface area contributed by atoms with E-state index < -0.39 is 17.7 Å². The molecule has 0 unspecified atom stereocenters. The molecule has 4 heterocycles. The van der Waals surface area contributed by atoms with E-state index in [0.717, 1.165) is 17.4 Å². The van der Waals surface area contributed by atoms with E-state index >= 15 is 0 Å². The van der Waals surface area contributed by atoms with Crippen molar-refractivity contribution in [1.29, 1.82) is 0 Å². The molecule has 0 aliphatic carbocycles. The van der Waals surface area contributed by atoms with Gasteiger partial charge in [0.25, 0.3) is 12.0 Å². The molecule has 4 rings (SSSR count). The van der Waals surface area contributed by atoms with Crippen molar-refractivity contribution in [3.05, 3.63) is 34.8 Å². The second-order valence-electron chi connectivity index (χ2n) is 5.57. The standard InChI is InChI=1S/C14H14F2N8O/c15-11(16)8-5-9(25)22-14(21-8)24-3-1-23(2-4-24)13-10-12(18-6-17-10)19-7-20-13/h5-7,11H,1-4H2,(H,21,22,25)(H,17,18,19,20). The SMILES string of the molecule is O=c1cc(C(F)F)nc(N2CCN(c3ncnc4nc[nH]c34)CC2)[nH]1. The molecule has 0 aromatic carbocycles. The van der Waals surface area contributed by atoms with Crippen LogP contribution in [0.4, 0.5) is 20.5 Å². The Morgan fingerprint density at radius 3 is 2.60 bits per heavy atom. The minimum absolute atomic E-state index is 0.164. The van der Waals surface area contributed by atoms with Crippen LogP contribution in [0.25, 0.3) is 11.2 Å². The summed E-state index contributed by atoms with van der Waals surface area (Å²) in [6.45, 7) is 2.20. The molecule has 11 heteroatoms. The first-order valence-electron chi connectivity index (χ1n) is 7.65. The van der Waals surface area contributed by atoms with Crippen molar-refractivity contribution in [3.8, 4) is 0 Å². The Hall–Kier alpha value is -3.11. The van der Waals surface area contributed by atoms with Gasteiger partial charge in [-0.3, -0.25) is 9.78 Å². The van der Waals surface area contributed by atoms with Gasteiger partial charge in [-0.05, 0) is 0 Å². The molecule has 9 nitrogen and oxygen atoms in total. The van der Waals surface area contributed by atoms with Gasteiger partial charge in [0.05, 0.1) is 6.33 Å². The van der Waals surface area contributed by atoms with E-state index in [1.807, 2.05) is 4.90 Å². The van der Waals surface area contributed by atoms with E-state index in [1.54, 1.807) is 11.2 Å². The summed E-state index contributed by atoms with van der Waals surface area (Å²) in [5.41, 5.74) is 0.235. The molecule has 3 aromatic rings. The molecule has 1 saturated heterocycles. The highest BCUT2D eigenvalue weighted by atomic mass is 19.3. The lowest BCUT2D eigenvalue weighted by Gasteiger charge is -2.35. The third-order valence-corrected chi connectivity index (χ3v) is 4.05. The number of aromatic amines is 2. The van der Waals surface area contributed by atoms with Crippen LogP contribution in [0.1, 0.15) is 12.1 Å².